The van der Waals surface area contributed by atoms with E-state index in [0.29, 0.717) is 11.0 Å². The monoisotopic (exact) mass is 371 g/mol. The summed E-state index contributed by atoms with van der Waals surface area (Å²) in [5, 5.41) is 3.30. The molecule has 94 valence electrons. The summed E-state index contributed by atoms with van der Waals surface area (Å²) < 4.78 is 14.9. The van der Waals surface area contributed by atoms with Crippen molar-refractivity contribution in [3.8, 4) is 0 Å². The molecule has 18 heavy (non-hydrogen) atoms. The summed E-state index contributed by atoms with van der Waals surface area (Å²) >= 11 is 6.69. The Balaban J connectivity index is 1.94. The van der Waals surface area contributed by atoms with E-state index in [0.717, 1.165) is 16.6 Å². The molecule has 2 aromatic carbocycles. The van der Waals surface area contributed by atoms with E-state index in [9.17, 15) is 4.39 Å². The fourth-order valence-electron chi connectivity index (χ4n) is 1.67. The second kappa shape index (κ2) is 6.45. The molecule has 0 bridgehead atoms. The average molecular weight is 373 g/mol. The van der Waals surface area contributed by atoms with Crippen molar-refractivity contribution in [3.63, 3.8) is 0 Å². The van der Waals surface area contributed by atoms with Gasteiger partial charge in [-0.15, -0.1) is 0 Å². The molecule has 0 heterocycles. The van der Waals surface area contributed by atoms with Crippen molar-refractivity contribution in [2.45, 2.75) is 13.1 Å². The van der Waals surface area contributed by atoms with Crippen LogP contribution in [-0.4, -0.2) is 0 Å². The molecule has 0 aliphatic rings. The van der Waals surface area contributed by atoms with Gasteiger partial charge in [0.15, 0.2) is 0 Å². The number of nitrogens with one attached hydrogen (secondary N) is 1. The Kier molecular flexibility index (Phi) is 4.92. The molecule has 2 rings (SSSR count). The maximum Gasteiger partial charge on any atom is 0.137 e. The fraction of sp³-hybridized carbons (Fsp3) is 0.143. The van der Waals surface area contributed by atoms with Crippen LogP contribution in [0.25, 0.3) is 0 Å². The van der Waals surface area contributed by atoms with Crippen LogP contribution in [0.1, 0.15) is 11.1 Å². The Morgan fingerprint density at radius 3 is 2.56 bits per heavy atom. The molecule has 4 heteroatoms. The summed E-state index contributed by atoms with van der Waals surface area (Å²) in [4.78, 5) is 0. The maximum absolute atomic E-state index is 13.3. The van der Waals surface area contributed by atoms with Gasteiger partial charge in [-0.3, -0.25) is 0 Å². The number of hydrogen-bond donors (Lipinski definition) is 1. The molecule has 0 atom stereocenters. The van der Waals surface area contributed by atoms with Crippen LogP contribution in [-0.2, 0) is 13.1 Å². The van der Waals surface area contributed by atoms with Crippen molar-refractivity contribution < 1.29 is 4.39 Å². The first kappa shape index (κ1) is 13.7. The summed E-state index contributed by atoms with van der Waals surface area (Å²) in [6.45, 7) is 1.38. The Morgan fingerprint density at radius 2 is 1.78 bits per heavy atom. The number of benzene rings is 2. The lowest BCUT2D eigenvalue weighted by Crippen LogP contribution is -2.13. The predicted molar refractivity (Wildman–Crippen MR) is 78.8 cm³/mol. The predicted octanol–water partition coefficient (Wildman–Crippen LogP) is 4.64. The first-order valence-corrected chi connectivity index (χ1v) is 7.13. The smallest absolute Gasteiger partial charge is 0.137 e. The molecular formula is C14H12Br2FN. The third-order valence-corrected chi connectivity index (χ3v) is 3.95. The molecule has 0 unspecified atom stereocenters. The third-order valence-electron chi connectivity index (χ3n) is 2.57. The van der Waals surface area contributed by atoms with Gasteiger partial charge in [-0.2, -0.15) is 0 Å². The summed E-state index contributed by atoms with van der Waals surface area (Å²) in [6.07, 6.45) is 0. The van der Waals surface area contributed by atoms with Crippen molar-refractivity contribution in [1.29, 1.82) is 0 Å². The quantitative estimate of drug-likeness (QED) is 0.824. The molecule has 0 fully saturated rings. The van der Waals surface area contributed by atoms with Gasteiger partial charge < -0.3 is 5.32 Å². The normalized spacial score (nSPS) is 10.6. The average Bonchev–Trinajstić information content (AvgIpc) is 2.35. The van der Waals surface area contributed by atoms with Gasteiger partial charge in [0.25, 0.3) is 0 Å². The van der Waals surface area contributed by atoms with Crippen molar-refractivity contribution in [2.24, 2.45) is 0 Å². The molecule has 1 N–H and O–H groups in total. The van der Waals surface area contributed by atoms with Crippen LogP contribution in [0.2, 0.25) is 0 Å². The van der Waals surface area contributed by atoms with Gasteiger partial charge in [0.1, 0.15) is 5.82 Å². The first-order valence-electron chi connectivity index (χ1n) is 5.55. The van der Waals surface area contributed by atoms with E-state index in [4.69, 9.17) is 0 Å². The standard InChI is InChI=1S/C14H12Br2FN/c15-12-5-1-3-10(7-12)8-18-9-11-4-2-6-13(17)14(11)16/h1-7,18H,8-9H2. The van der Waals surface area contributed by atoms with Gasteiger partial charge in [0.05, 0.1) is 4.47 Å². The van der Waals surface area contributed by atoms with Gasteiger partial charge in [0, 0.05) is 17.6 Å². The van der Waals surface area contributed by atoms with Crippen LogP contribution in [0.15, 0.2) is 51.4 Å². The highest BCUT2D eigenvalue weighted by Gasteiger charge is 2.04. The second-order valence-electron chi connectivity index (χ2n) is 3.95. The SMILES string of the molecule is Fc1cccc(CNCc2cccc(Br)c2)c1Br. The van der Waals surface area contributed by atoms with Gasteiger partial charge in [0.2, 0.25) is 0 Å². The minimum absolute atomic E-state index is 0.225. The molecular weight excluding hydrogens is 361 g/mol. The van der Waals surface area contributed by atoms with E-state index >= 15 is 0 Å². The Bertz CT molecular complexity index is 543. The topological polar surface area (TPSA) is 12.0 Å². The van der Waals surface area contributed by atoms with Crippen molar-refractivity contribution in [1.82, 2.24) is 5.32 Å². The van der Waals surface area contributed by atoms with Crippen LogP contribution in [0.4, 0.5) is 4.39 Å². The minimum atomic E-state index is -0.225. The van der Waals surface area contributed by atoms with E-state index in [1.807, 2.05) is 18.2 Å². The molecule has 0 aromatic heterocycles. The summed E-state index contributed by atoms with van der Waals surface area (Å²) in [7, 11) is 0. The lowest BCUT2D eigenvalue weighted by atomic mass is 10.2. The molecule has 0 saturated heterocycles. The van der Waals surface area contributed by atoms with E-state index in [1.165, 1.54) is 11.6 Å². The maximum atomic E-state index is 13.3. The molecule has 1 nitrogen and oxygen atoms in total. The van der Waals surface area contributed by atoms with Crippen molar-refractivity contribution >= 4 is 31.9 Å². The lowest BCUT2D eigenvalue weighted by Gasteiger charge is -2.08. The molecule has 0 saturated carbocycles. The van der Waals surface area contributed by atoms with Crippen LogP contribution < -0.4 is 5.32 Å². The van der Waals surface area contributed by atoms with E-state index < -0.39 is 0 Å². The zero-order valence-corrected chi connectivity index (χ0v) is 12.8. The molecule has 0 aliphatic carbocycles. The fourth-order valence-corrected chi connectivity index (χ4v) is 2.52. The van der Waals surface area contributed by atoms with Gasteiger partial charge in [-0.1, -0.05) is 40.2 Å². The molecule has 0 aliphatic heterocycles. The largest absolute Gasteiger partial charge is 0.309 e. The number of halogens is 3. The highest BCUT2D eigenvalue weighted by Crippen LogP contribution is 2.20. The van der Waals surface area contributed by atoms with Crippen LogP contribution >= 0.6 is 31.9 Å². The minimum Gasteiger partial charge on any atom is -0.309 e. The summed E-state index contributed by atoms with van der Waals surface area (Å²) in [5.41, 5.74) is 2.11. The summed E-state index contributed by atoms with van der Waals surface area (Å²) in [6, 6.07) is 13.2. The number of rotatable bonds is 4. The van der Waals surface area contributed by atoms with E-state index in [-0.39, 0.29) is 5.82 Å². The molecule has 0 radical (unpaired) electrons. The van der Waals surface area contributed by atoms with Crippen LogP contribution in [0.3, 0.4) is 0 Å². The summed E-state index contributed by atoms with van der Waals surface area (Å²) in [5.74, 6) is -0.225. The first-order chi connectivity index (χ1) is 8.66. The van der Waals surface area contributed by atoms with Crippen LogP contribution in [0.5, 0.6) is 0 Å². The third kappa shape index (κ3) is 3.64. The molecule has 0 spiro atoms. The molecule has 0 amide bonds. The zero-order chi connectivity index (χ0) is 13.0. The second-order valence-corrected chi connectivity index (χ2v) is 5.66. The van der Waals surface area contributed by atoms with Gasteiger partial charge in [-0.05, 0) is 45.3 Å². The van der Waals surface area contributed by atoms with E-state index in [1.54, 1.807) is 6.07 Å². The van der Waals surface area contributed by atoms with Crippen molar-refractivity contribution in [3.05, 3.63) is 68.4 Å². The highest BCUT2D eigenvalue weighted by atomic mass is 79.9. The Hall–Kier alpha value is -0.710. The van der Waals surface area contributed by atoms with Gasteiger partial charge in [-0.25, -0.2) is 4.39 Å². The Morgan fingerprint density at radius 1 is 1.00 bits per heavy atom. The Labute approximate surface area is 123 Å². The van der Waals surface area contributed by atoms with Crippen LogP contribution in [0, 0.1) is 5.82 Å². The van der Waals surface area contributed by atoms with Gasteiger partial charge >= 0.3 is 0 Å². The number of hydrogen-bond acceptors (Lipinski definition) is 1. The van der Waals surface area contributed by atoms with Crippen molar-refractivity contribution in [2.75, 3.05) is 0 Å². The lowest BCUT2D eigenvalue weighted by molar-refractivity contribution is 0.612. The molecule has 2 aromatic rings. The van der Waals surface area contributed by atoms with E-state index in [2.05, 4.69) is 49.3 Å². The zero-order valence-electron chi connectivity index (χ0n) is 9.59. The highest BCUT2D eigenvalue weighted by molar-refractivity contribution is 9.10.